The van der Waals surface area contributed by atoms with Gasteiger partial charge in [0.05, 0.1) is 12.6 Å². The minimum absolute atomic E-state index is 0.242. The van der Waals surface area contributed by atoms with Gasteiger partial charge in [-0.15, -0.1) is 0 Å². The summed E-state index contributed by atoms with van der Waals surface area (Å²) in [5, 5.41) is 12.3. The van der Waals surface area contributed by atoms with Crippen molar-refractivity contribution < 1.29 is 19.4 Å². The Labute approximate surface area is 142 Å². The molecule has 0 saturated heterocycles. The third-order valence-corrected chi connectivity index (χ3v) is 3.11. The summed E-state index contributed by atoms with van der Waals surface area (Å²) in [5.74, 6) is 1.35. The van der Waals surface area contributed by atoms with Crippen molar-refractivity contribution in [3.05, 3.63) is 60.2 Å². The molecule has 2 aromatic carbocycles. The van der Waals surface area contributed by atoms with Gasteiger partial charge in [0.25, 0.3) is 0 Å². The third kappa shape index (κ3) is 5.59. The predicted octanol–water partition coefficient (Wildman–Crippen LogP) is 4.04. The molecule has 0 heterocycles. The van der Waals surface area contributed by atoms with Gasteiger partial charge in [-0.25, -0.2) is 4.79 Å². The van der Waals surface area contributed by atoms with Gasteiger partial charge in [-0.1, -0.05) is 30.3 Å². The molecule has 2 rings (SSSR count). The summed E-state index contributed by atoms with van der Waals surface area (Å²) < 4.78 is 11.0. The van der Waals surface area contributed by atoms with Gasteiger partial charge in [0.1, 0.15) is 17.1 Å². The van der Waals surface area contributed by atoms with Crippen LogP contribution in [0.2, 0.25) is 0 Å². The zero-order chi connectivity index (χ0) is 17.6. The Bertz CT molecular complexity index is 665. The number of aliphatic hydroxyl groups excluding tert-OH is 1. The number of alkyl carbamates (subject to hydrolysis) is 1. The van der Waals surface area contributed by atoms with E-state index in [1.54, 1.807) is 26.8 Å². The molecule has 0 fully saturated rings. The van der Waals surface area contributed by atoms with E-state index in [1.165, 1.54) is 0 Å². The van der Waals surface area contributed by atoms with E-state index in [0.717, 1.165) is 11.3 Å². The molecule has 0 aliphatic heterocycles. The van der Waals surface area contributed by atoms with Crippen molar-refractivity contribution in [1.82, 2.24) is 5.32 Å². The highest BCUT2D eigenvalue weighted by Gasteiger charge is 2.20. The first-order valence-corrected chi connectivity index (χ1v) is 7.80. The van der Waals surface area contributed by atoms with Crippen molar-refractivity contribution in [2.75, 3.05) is 6.61 Å². The first-order chi connectivity index (χ1) is 11.4. The normalized spacial score (nSPS) is 12.3. The van der Waals surface area contributed by atoms with E-state index in [9.17, 15) is 9.90 Å². The quantitative estimate of drug-likeness (QED) is 0.869. The molecule has 0 aromatic heterocycles. The number of rotatable bonds is 5. The predicted molar refractivity (Wildman–Crippen MR) is 92.2 cm³/mol. The molecule has 0 unspecified atom stereocenters. The summed E-state index contributed by atoms with van der Waals surface area (Å²) in [4.78, 5) is 11.9. The van der Waals surface area contributed by atoms with Crippen molar-refractivity contribution in [2.24, 2.45) is 0 Å². The number of benzene rings is 2. The highest BCUT2D eigenvalue weighted by atomic mass is 16.6. The van der Waals surface area contributed by atoms with E-state index in [0.29, 0.717) is 5.75 Å². The lowest BCUT2D eigenvalue weighted by atomic mass is 10.1. The van der Waals surface area contributed by atoms with E-state index in [1.807, 2.05) is 48.5 Å². The Morgan fingerprint density at radius 2 is 1.75 bits per heavy atom. The number of aliphatic hydroxyl groups is 1. The van der Waals surface area contributed by atoms with Crippen LogP contribution < -0.4 is 10.1 Å². The Hall–Kier alpha value is -2.53. The molecule has 0 saturated carbocycles. The second-order valence-electron chi connectivity index (χ2n) is 6.37. The molecule has 1 atom stereocenters. The van der Waals surface area contributed by atoms with Crippen molar-refractivity contribution in [3.63, 3.8) is 0 Å². The van der Waals surface area contributed by atoms with Crippen LogP contribution in [0, 0.1) is 0 Å². The second-order valence-corrected chi connectivity index (χ2v) is 6.37. The molecular formula is C19H23NO4. The summed E-state index contributed by atoms with van der Waals surface area (Å²) in [7, 11) is 0. The molecule has 1 amide bonds. The van der Waals surface area contributed by atoms with Crippen LogP contribution in [-0.2, 0) is 4.74 Å². The van der Waals surface area contributed by atoms with Gasteiger partial charge < -0.3 is 19.9 Å². The maximum atomic E-state index is 11.9. The number of hydrogen-bond acceptors (Lipinski definition) is 4. The number of hydrogen-bond donors (Lipinski definition) is 2. The number of para-hydroxylation sites is 1. The first-order valence-electron chi connectivity index (χ1n) is 7.80. The number of carbonyl (C=O) groups excluding carboxylic acids is 1. The molecule has 5 nitrogen and oxygen atoms in total. The Balaban J connectivity index is 2.09. The largest absolute Gasteiger partial charge is 0.457 e. The van der Waals surface area contributed by atoms with Gasteiger partial charge in [0, 0.05) is 0 Å². The van der Waals surface area contributed by atoms with Gasteiger partial charge >= 0.3 is 6.09 Å². The van der Waals surface area contributed by atoms with Crippen LogP contribution in [0.3, 0.4) is 0 Å². The van der Waals surface area contributed by atoms with Gasteiger partial charge in [-0.05, 0) is 50.6 Å². The standard InChI is InChI=1S/C19H23NO4/c1-19(2,3)24-18(22)20-17(13-21)14-8-7-11-16(12-14)23-15-9-5-4-6-10-15/h4-12,17,21H,13H2,1-3H3,(H,20,22)/t17-/m1/s1. The second kappa shape index (κ2) is 7.84. The summed E-state index contributed by atoms with van der Waals surface area (Å²) >= 11 is 0. The molecule has 0 radical (unpaired) electrons. The third-order valence-electron chi connectivity index (χ3n) is 3.11. The van der Waals surface area contributed by atoms with Gasteiger partial charge in [-0.3, -0.25) is 0 Å². The highest BCUT2D eigenvalue weighted by molar-refractivity contribution is 5.68. The van der Waals surface area contributed by atoms with Gasteiger partial charge in [0.2, 0.25) is 0 Å². The van der Waals surface area contributed by atoms with Crippen LogP contribution in [-0.4, -0.2) is 23.4 Å². The van der Waals surface area contributed by atoms with Crippen molar-refractivity contribution >= 4 is 6.09 Å². The minimum atomic E-state index is -0.595. The Morgan fingerprint density at radius 1 is 1.08 bits per heavy atom. The number of amides is 1. The lowest BCUT2D eigenvalue weighted by Crippen LogP contribution is -2.36. The smallest absolute Gasteiger partial charge is 0.408 e. The number of nitrogens with one attached hydrogen (secondary N) is 1. The topological polar surface area (TPSA) is 67.8 Å². The van der Waals surface area contributed by atoms with E-state index in [-0.39, 0.29) is 6.61 Å². The minimum Gasteiger partial charge on any atom is -0.457 e. The summed E-state index contributed by atoms with van der Waals surface area (Å²) in [6.45, 7) is 5.12. The monoisotopic (exact) mass is 329 g/mol. The Kier molecular flexibility index (Phi) is 5.82. The van der Waals surface area contributed by atoms with E-state index in [4.69, 9.17) is 9.47 Å². The summed E-state index contributed by atoms with van der Waals surface area (Å²) in [5.41, 5.74) is 0.138. The fourth-order valence-corrected chi connectivity index (χ4v) is 2.10. The SMILES string of the molecule is CC(C)(C)OC(=O)N[C@H](CO)c1cccc(Oc2ccccc2)c1. The lowest BCUT2D eigenvalue weighted by Gasteiger charge is -2.23. The first kappa shape index (κ1) is 17.8. The van der Waals surface area contributed by atoms with Gasteiger partial charge in [-0.2, -0.15) is 0 Å². The molecule has 0 bridgehead atoms. The Morgan fingerprint density at radius 3 is 2.38 bits per heavy atom. The van der Waals surface area contributed by atoms with Crippen molar-refractivity contribution in [2.45, 2.75) is 32.4 Å². The van der Waals surface area contributed by atoms with Crippen LogP contribution in [0.5, 0.6) is 11.5 Å². The molecule has 24 heavy (non-hydrogen) atoms. The molecule has 5 heteroatoms. The number of carbonyl (C=O) groups is 1. The molecule has 0 aliphatic rings. The molecule has 0 aliphatic carbocycles. The van der Waals surface area contributed by atoms with Crippen molar-refractivity contribution in [3.8, 4) is 11.5 Å². The van der Waals surface area contributed by atoms with E-state index < -0.39 is 17.7 Å². The fourth-order valence-electron chi connectivity index (χ4n) is 2.10. The van der Waals surface area contributed by atoms with Crippen LogP contribution in [0.4, 0.5) is 4.79 Å². The highest BCUT2D eigenvalue weighted by Crippen LogP contribution is 2.24. The maximum Gasteiger partial charge on any atom is 0.408 e. The van der Waals surface area contributed by atoms with Crippen molar-refractivity contribution in [1.29, 1.82) is 0 Å². The van der Waals surface area contributed by atoms with Crippen LogP contribution >= 0.6 is 0 Å². The van der Waals surface area contributed by atoms with Crippen LogP contribution in [0.15, 0.2) is 54.6 Å². The molecule has 2 aromatic rings. The molecule has 2 N–H and O–H groups in total. The summed E-state index contributed by atoms with van der Waals surface area (Å²) in [6, 6.07) is 16.1. The fraction of sp³-hybridized carbons (Fsp3) is 0.316. The summed E-state index contributed by atoms with van der Waals surface area (Å²) in [6.07, 6.45) is -0.573. The lowest BCUT2D eigenvalue weighted by molar-refractivity contribution is 0.0481. The molecule has 0 spiro atoms. The average Bonchev–Trinajstić information content (AvgIpc) is 2.52. The molecule has 128 valence electrons. The average molecular weight is 329 g/mol. The van der Waals surface area contributed by atoms with Crippen LogP contribution in [0.25, 0.3) is 0 Å². The zero-order valence-electron chi connectivity index (χ0n) is 14.2. The molecular weight excluding hydrogens is 306 g/mol. The van der Waals surface area contributed by atoms with E-state index >= 15 is 0 Å². The van der Waals surface area contributed by atoms with Gasteiger partial charge in [0.15, 0.2) is 0 Å². The van der Waals surface area contributed by atoms with Crippen LogP contribution in [0.1, 0.15) is 32.4 Å². The number of ether oxygens (including phenoxy) is 2. The zero-order valence-corrected chi connectivity index (χ0v) is 14.2. The maximum absolute atomic E-state index is 11.9. The van der Waals surface area contributed by atoms with E-state index in [2.05, 4.69) is 5.32 Å².